The van der Waals surface area contributed by atoms with Crippen molar-refractivity contribution in [2.24, 2.45) is 0 Å². The van der Waals surface area contributed by atoms with Crippen LogP contribution in [0.4, 0.5) is 13.2 Å². The number of carbonyl (C=O) groups is 1. The fraction of sp³-hybridized carbons (Fsp3) is 0.176. The number of imidazole rings is 1. The highest BCUT2D eigenvalue weighted by Crippen LogP contribution is 2.32. The molecule has 3 aromatic rings. The minimum absolute atomic E-state index is 0.109. The third-order valence-corrected chi connectivity index (χ3v) is 3.73. The Morgan fingerprint density at radius 2 is 1.87 bits per heavy atom. The first-order valence-electron chi connectivity index (χ1n) is 6.93. The van der Waals surface area contributed by atoms with E-state index in [1.54, 1.807) is 0 Å². The number of aromatic nitrogens is 2. The molecule has 23 heavy (non-hydrogen) atoms. The molecule has 0 unspecified atom stereocenters. The molecule has 0 fully saturated rings. The first-order chi connectivity index (χ1) is 10.8. The van der Waals surface area contributed by atoms with E-state index in [0.29, 0.717) is 17.6 Å². The Kier molecular flexibility index (Phi) is 3.47. The average molecular weight is 318 g/mol. The summed E-state index contributed by atoms with van der Waals surface area (Å²) in [6, 6.07) is 7.87. The fourth-order valence-electron chi connectivity index (χ4n) is 2.62. The molecule has 2 heterocycles. The molecule has 0 aliphatic carbocycles. The molecule has 0 N–H and O–H groups in total. The van der Waals surface area contributed by atoms with Crippen LogP contribution in [0.3, 0.4) is 0 Å². The normalized spacial score (nSPS) is 11.9. The summed E-state index contributed by atoms with van der Waals surface area (Å²) in [6.07, 6.45) is -3.04. The first-order valence-corrected chi connectivity index (χ1v) is 6.93. The lowest BCUT2D eigenvalue weighted by molar-refractivity contribution is -0.137. The lowest BCUT2D eigenvalue weighted by Gasteiger charge is -2.07. The Morgan fingerprint density at radius 3 is 2.48 bits per heavy atom. The molecule has 0 aliphatic heterocycles. The van der Waals surface area contributed by atoms with Gasteiger partial charge in [-0.1, -0.05) is 23.8 Å². The minimum Gasteiger partial charge on any atom is -0.296 e. The number of fused-ring (bicyclic) bond motifs is 1. The second-order valence-electron chi connectivity index (χ2n) is 5.43. The van der Waals surface area contributed by atoms with E-state index in [4.69, 9.17) is 0 Å². The van der Waals surface area contributed by atoms with Gasteiger partial charge in [-0.15, -0.1) is 0 Å². The minimum atomic E-state index is -4.47. The van der Waals surface area contributed by atoms with Gasteiger partial charge >= 0.3 is 6.18 Å². The van der Waals surface area contributed by atoms with Crippen LogP contribution in [-0.2, 0) is 6.18 Å². The maximum atomic E-state index is 12.9. The van der Waals surface area contributed by atoms with E-state index in [1.165, 1.54) is 10.5 Å². The summed E-state index contributed by atoms with van der Waals surface area (Å²) in [6.45, 7) is 3.82. The van der Waals surface area contributed by atoms with Gasteiger partial charge in [-0.05, 0) is 31.5 Å². The number of benzene rings is 1. The molecule has 6 heteroatoms. The zero-order valence-corrected chi connectivity index (χ0v) is 12.5. The third-order valence-electron chi connectivity index (χ3n) is 3.73. The maximum Gasteiger partial charge on any atom is 0.417 e. The van der Waals surface area contributed by atoms with Crippen molar-refractivity contribution < 1.29 is 18.0 Å². The Morgan fingerprint density at radius 1 is 1.13 bits per heavy atom. The van der Waals surface area contributed by atoms with Gasteiger partial charge in [-0.25, -0.2) is 4.98 Å². The van der Waals surface area contributed by atoms with Crippen LogP contribution in [0, 0.1) is 13.8 Å². The van der Waals surface area contributed by atoms with Crippen molar-refractivity contribution in [2.75, 3.05) is 0 Å². The van der Waals surface area contributed by atoms with Crippen LogP contribution in [0.1, 0.15) is 27.2 Å². The van der Waals surface area contributed by atoms with Gasteiger partial charge in [0.2, 0.25) is 0 Å². The molecule has 0 amide bonds. The predicted octanol–water partition coefficient (Wildman–Crippen LogP) is 4.45. The average Bonchev–Trinajstić information content (AvgIpc) is 2.83. The lowest BCUT2D eigenvalue weighted by atomic mass is 10.0. The van der Waals surface area contributed by atoms with Gasteiger partial charge in [-0.3, -0.25) is 9.20 Å². The van der Waals surface area contributed by atoms with Crippen LogP contribution in [0.2, 0.25) is 0 Å². The molecular weight excluding hydrogens is 305 g/mol. The molecule has 3 rings (SSSR count). The summed E-state index contributed by atoms with van der Waals surface area (Å²) in [5.74, 6) is 0. The van der Waals surface area contributed by atoms with Gasteiger partial charge < -0.3 is 0 Å². The van der Waals surface area contributed by atoms with Gasteiger partial charge in [0.15, 0.2) is 6.29 Å². The van der Waals surface area contributed by atoms with E-state index in [1.807, 2.05) is 32.0 Å². The smallest absolute Gasteiger partial charge is 0.296 e. The molecule has 0 spiro atoms. The van der Waals surface area contributed by atoms with Crippen molar-refractivity contribution in [1.29, 1.82) is 0 Å². The Balaban J connectivity index is 2.28. The molecule has 0 radical (unpaired) electrons. The zero-order valence-electron chi connectivity index (χ0n) is 12.5. The van der Waals surface area contributed by atoms with Crippen molar-refractivity contribution in [3.8, 4) is 11.3 Å². The van der Waals surface area contributed by atoms with Crippen molar-refractivity contribution >= 4 is 11.9 Å². The van der Waals surface area contributed by atoms with Crippen LogP contribution in [0.15, 0.2) is 36.5 Å². The summed E-state index contributed by atoms with van der Waals surface area (Å²) in [4.78, 5) is 15.8. The Labute approximate surface area is 130 Å². The highest BCUT2D eigenvalue weighted by Gasteiger charge is 2.31. The monoisotopic (exact) mass is 318 g/mol. The standard InChI is InChI=1S/C17H13F3N2O/c1-10-3-5-13(11(2)7-10)16-14(9-23)22-8-12(17(18,19)20)4-6-15(22)21-16/h3-9H,1-2H3. The third kappa shape index (κ3) is 2.60. The number of hydrogen-bond donors (Lipinski definition) is 0. The van der Waals surface area contributed by atoms with E-state index in [9.17, 15) is 18.0 Å². The zero-order chi connectivity index (χ0) is 16.8. The van der Waals surface area contributed by atoms with Gasteiger partial charge in [0.1, 0.15) is 17.0 Å². The highest BCUT2D eigenvalue weighted by atomic mass is 19.4. The summed E-state index contributed by atoms with van der Waals surface area (Å²) in [7, 11) is 0. The Bertz CT molecular complexity index is 910. The number of nitrogens with zero attached hydrogens (tertiary/aromatic N) is 2. The summed E-state index contributed by atoms with van der Waals surface area (Å²) >= 11 is 0. The van der Waals surface area contributed by atoms with Gasteiger partial charge in [-0.2, -0.15) is 13.2 Å². The SMILES string of the molecule is Cc1ccc(-c2nc3ccc(C(F)(F)F)cn3c2C=O)c(C)c1. The molecule has 2 aromatic heterocycles. The summed E-state index contributed by atoms with van der Waals surface area (Å²) < 4.78 is 39.8. The number of hydrogen-bond acceptors (Lipinski definition) is 2. The van der Waals surface area contributed by atoms with Gasteiger partial charge in [0.25, 0.3) is 0 Å². The number of alkyl halides is 3. The molecule has 1 aromatic carbocycles. The molecular formula is C17H13F3N2O. The van der Waals surface area contributed by atoms with Crippen LogP contribution >= 0.6 is 0 Å². The second-order valence-corrected chi connectivity index (χ2v) is 5.43. The largest absolute Gasteiger partial charge is 0.417 e. The summed E-state index contributed by atoms with van der Waals surface area (Å²) in [5.41, 5.74) is 2.67. The molecule has 0 bridgehead atoms. The van der Waals surface area contributed by atoms with Crippen molar-refractivity contribution in [3.05, 3.63) is 58.9 Å². The fourth-order valence-corrected chi connectivity index (χ4v) is 2.62. The van der Waals surface area contributed by atoms with Crippen LogP contribution < -0.4 is 0 Å². The maximum absolute atomic E-state index is 12.9. The Hall–Kier alpha value is -2.63. The number of carbonyl (C=O) groups excluding carboxylic acids is 1. The van der Waals surface area contributed by atoms with Gasteiger partial charge in [0.05, 0.1) is 5.56 Å². The van der Waals surface area contributed by atoms with Crippen molar-refractivity contribution in [2.45, 2.75) is 20.0 Å². The number of halogens is 3. The topological polar surface area (TPSA) is 34.4 Å². The molecule has 118 valence electrons. The van der Waals surface area contributed by atoms with Crippen LogP contribution in [0.5, 0.6) is 0 Å². The number of pyridine rings is 1. The molecule has 3 nitrogen and oxygen atoms in total. The van der Waals surface area contributed by atoms with Crippen LogP contribution in [-0.4, -0.2) is 15.7 Å². The van der Waals surface area contributed by atoms with Crippen molar-refractivity contribution in [3.63, 3.8) is 0 Å². The second kappa shape index (κ2) is 5.22. The van der Waals surface area contributed by atoms with E-state index in [2.05, 4.69) is 4.98 Å². The van der Waals surface area contributed by atoms with E-state index in [0.717, 1.165) is 29.0 Å². The number of aryl methyl sites for hydroxylation is 2. The van der Waals surface area contributed by atoms with E-state index < -0.39 is 11.7 Å². The lowest BCUT2D eigenvalue weighted by Crippen LogP contribution is -2.06. The first kappa shape index (κ1) is 15.3. The van der Waals surface area contributed by atoms with Gasteiger partial charge in [0, 0.05) is 11.8 Å². The van der Waals surface area contributed by atoms with E-state index >= 15 is 0 Å². The number of aldehydes is 1. The molecule has 0 saturated heterocycles. The van der Waals surface area contributed by atoms with Crippen LogP contribution in [0.25, 0.3) is 16.9 Å². The summed E-state index contributed by atoms with van der Waals surface area (Å²) in [5, 5.41) is 0. The molecule has 0 aliphatic rings. The van der Waals surface area contributed by atoms with Crippen molar-refractivity contribution in [1.82, 2.24) is 9.38 Å². The highest BCUT2D eigenvalue weighted by molar-refractivity contribution is 5.87. The van der Waals surface area contributed by atoms with E-state index in [-0.39, 0.29) is 5.69 Å². The molecule has 0 atom stereocenters. The molecule has 0 saturated carbocycles. The predicted molar refractivity (Wildman–Crippen MR) is 80.5 cm³/mol. The number of rotatable bonds is 2. The quantitative estimate of drug-likeness (QED) is 0.654.